The second kappa shape index (κ2) is 6.06. The van der Waals surface area contributed by atoms with Gasteiger partial charge in [0.1, 0.15) is 11.5 Å². The number of nitrogens with zero attached hydrogens (tertiary/aromatic N) is 3. The lowest BCUT2D eigenvalue weighted by Gasteiger charge is -2.06. The van der Waals surface area contributed by atoms with Crippen molar-refractivity contribution >= 4 is 22.4 Å². The average molecular weight is 355 g/mol. The molecule has 0 aliphatic rings. The van der Waals surface area contributed by atoms with Gasteiger partial charge in [0.2, 0.25) is 10.8 Å². The highest BCUT2D eigenvalue weighted by Crippen LogP contribution is 2.25. The van der Waals surface area contributed by atoms with Crippen molar-refractivity contribution in [3.8, 4) is 23.1 Å². The Morgan fingerprint density at radius 2 is 2.12 bits per heavy atom. The second-order valence-corrected chi connectivity index (χ2v) is 6.14. The van der Waals surface area contributed by atoms with Gasteiger partial charge in [0.25, 0.3) is 5.56 Å². The first-order valence-corrected chi connectivity index (χ1v) is 8.18. The van der Waals surface area contributed by atoms with Crippen molar-refractivity contribution < 1.29 is 13.9 Å². The van der Waals surface area contributed by atoms with Crippen LogP contribution in [0.3, 0.4) is 0 Å². The summed E-state index contributed by atoms with van der Waals surface area (Å²) in [7, 11) is 3.16. The number of aromatic nitrogens is 3. The number of fused-ring (bicyclic) bond motifs is 1. The van der Waals surface area contributed by atoms with E-state index in [-0.39, 0.29) is 5.56 Å². The maximum absolute atomic E-state index is 12.6. The lowest BCUT2D eigenvalue weighted by atomic mass is 10.2. The maximum Gasteiger partial charge on any atom is 0.291 e. The van der Waals surface area contributed by atoms with E-state index in [2.05, 4.69) is 10.1 Å². The molecule has 1 aromatic carbocycles. The zero-order chi connectivity index (χ0) is 17.4. The number of hydrogen-bond donors (Lipinski definition) is 0. The standard InChI is InChI=1S/C17H13N3O4S/c1-22-11-6-5-10(13(9-11)23-2)8-14-16(21)20-17(25-14)18-15(19-20)12-4-3-7-24-12/h3-9H,1-2H3/b14-8-. The van der Waals surface area contributed by atoms with Crippen molar-refractivity contribution in [1.82, 2.24) is 14.6 Å². The van der Waals surface area contributed by atoms with Crippen molar-refractivity contribution in [3.63, 3.8) is 0 Å². The molecule has 25 heavy (non-hydrogen) atoms. The van der Waals surface area contributed by atoms with Gasteiger partial charge in [-0.1, -0.05) is 11.3 Å². The van der Waals surface area contributed by atoms with Crippen LogP contribution in [0.4, 0.5) is 0 Å². The molecule has 0 aliphatic heterocycles. The molecule has 0 fully saturated rings. The minimum atomic E-state index is -0.233. The molecule has 0 aliphatic carbocycles. The molecule has 126 valence electrons. The van der Waals surface area contributed by atoms with Crippen molar-refractivity contribution in [3.05, 3.63) is 57.0 Å². The number of ether oxygens (including phenoxy) is 2. The van der Waals surface area contributed by atoms with Crippen molar-refractivity contribution in [2.45, 2.75) is 0 Å². The first kappa shape index (κ1) is 15.4. The van der Waals surface area contributed by atoms with Crippen LogP contribution in [0, 0.1) is 0 Å². The number of rotatable bonds is 4. The summed E-state index contributed by atoms with van der Waals surface area (Å²) in [5, 5.41) is 4.23. The molecule has 4 rings (SSSR count). The third kappa shape index (κ3) is 2.66. The predicted molar refractivity (Wildman–Crippen MR) is 93.2 cm³/mol. The lowest BCUT2D eigenvalue weighted by molar-refractivity contribution is 0.393. The van der Waals surface area contributed by atoms with E-state index < -0.39 is 0 Å². The van der Waals surface area contributed by atoms with Crippen molar-refractivity contribution in [2.24, 2.45) is 0 Å². The largest absolute Gasteiger partial charge is 0.497 e. The summed E-state index contributed by atoms with van der Waals surface area (Å²) in [6, 6.07) is 8.91. The minimum Gasteiger partial charge on any atom is -0.497 e. The van der Waals surface area contributed by atoms with Gasteiger partial charge >= 0.3 is 0 Å². The van der Waals surface area contributed by atoms with Gasteiger partial charge in [0.05, 0.1) is 25.0 Å². The number of thiazole rings is 1. The van der Waals surface area contributed by atoms with Crippen LogP contribution >= 0.6 is 11.3 Å². The molecule has 0 saturated heterocycles. The number of hydrogen-bond acceptors (Lipinski definition) is 7. The molecule has 0 bridgehead atoms. The number of furan rings is 1. The molecule has 0 atom stereocenters. The zero-order valence-corrected chi connectivity index (χ0v) is 14.2. The molecule has 3 heterocycles. The van der Waals surface area contributed by atoms with E-state index in [9.17, 15) is 4.79 Å². The summed E-state index contributed by atoms with van der Waals surface area (Å²) in [5.74, 6) is 2.22. The molecular weight excluding hydrogens is 342 g/mol. The summed E-state index contributed by atoms with van der Waals surface area (Å²) in [5.41, 5.74) is 0.541. The van der Waals surface area contributed by atoms with E-state index in [4.69, 9.17) is 13.9 Å². The predicted octanol–water partition coefficient (Wildman–Crippen LogP) is 1.98. The van der Waals surface area contributed by atoms with E-state index in [1.54, 1.807) is 38.5 Å². The van der Waals surface area contributed by atoms with Crippen molar-refractivity contribution in [2.75, 3.05) is 14.2 Å². The minimum absolute atomic E-state index is 0.233. The Hall–Kier alpha value is -3.13. The molecule has 3 aromatic heterocycles. The number of methoxy groups -OCH3 is 2. The molecule has 0 N–H and O–H groups in total. The van der Waals surface area contributed by atoms with E-state index >= 15 is 0 Å². The fraction of sp³-hybridized carbons (Fsp3) is 0.118. The van der Waals surface area contributed by atoms with Gasteiger partial charge in [-0.15, -0.1) is 5.10 Å². The Morgan fingerprint density at radius 3 is 2.80 bits per heavy atom. The highest BCUT2D eigenvalue weighted by atomic mass is 32.1. The van der Waals surface area contributed by atoms with Crippen molar-refractivity contribution in [1.29, 1.82) is 0 Å². The van der Waals surface area contributed by atoms with E-state index in [0.717, 1.165) is 5.56 Å². The summed E-state index contributed by atoms with van der Waals surface area (Å²) in [6.45, 7) is 0. The summed E-state index contributed by atoms with van der Waals surface area (Å²) in [4.78, 5) is 17.4. The first-order valence-electron chi connectivity index (χ1n) is 7.37. The molecule has 0 radical (unpaired) electrons. The van der Waals surface area contributed by atoms with E-state index in [0.29, 0.717) is 32.6 Å². The third-order valence-electron chi connectivity index (χ3n) is 3.65. The van der Waals surface area contributed by atoms with Crippen LogP contribution in [-0.4, -0.2) is 28.8 Å². The summed E-state index contributed by atoms with van der Waals surface area (Å²) < 4.78 is 17.6. The third-order valence-corrected chi connectivity index (χ3v) is 4.61. The van der Waals surface area contributed by atoms with Crippen LogP contribution in [-0.2, 0) is 0 Å². The van der Waals surface area contributed by atoms with Gasteiger partial charge in [0.15, 0.2) is 5.76 Å². The Bertz CT molecular complexity index is 1140. The van der Waals surface area contributed by atoms with Gasteiger partial charge in [-0.3, -0.25) is 4.79 Å². The summed E-state index contributed by atoms with van der Waals surface area (Å²) >= 11 is 1.26. The monoisotopic (exact) mass is 355 g/mol. The first-order chi connectivity index (χ1) is 12.2. The second-order valence-electron chi connectivity index (χ2n) is 5.13. The average Bonchev–Trinajstić information content (AvgIpc) is 3.34. The van der Waals surface area contributed by atoms with E-state index in [1.807, 2.05) is 12.1 Å². The Labute approximate surface area is 145 Å². The number of benzene rings is 1. The van der Waals surface area contributed by atoms with Gasteiger partial charge in [0, 0.05) is 11.6 Å². The molecule has 4 aromatic rings. The zero-order valence-electron chi connectivity index (χ0n) is 13.4. The van der Waals surface area contributed by atoms with Crippen LogP contribution in [0.1, 0.15) is 5.56 Å². The molecule has 0 spiro atoms. The van der Waals surface area contributed by atoms with Crippen LogP contribution in [0.2, 0.25) is 0 Å². The molecule has 0 amide bonds. The van der Waals surface area contributed by atoms with Crippen LogP contribution in [0.25, 0.3) is 22.6 Å². The highest BCUT2D eigenvalue weighted by Gasteiger charge is 2.14. The van der Waals surface area contributed by atoms with E-state index in [1.165, 1.54) is 22.1 Å². The van der Waals surface area contributed by atoms with Gasteiger partial charge in [-0.25, -0.2) is 0 Å². The SMILES string of the molecule is COc1ccc(/C=c2\sc3nc(-c4ccco4)nn3c2=O)c(OC)c1. The normalized spacial score (nSPS) is 12.0. The topological polar surface area (TPSA) is 78.9 Å². The molecule has 7 nitrogen and oxygen atoms in total. The highest BCUT2D eigenvalue weighted by molar-refractivity contribution is 7.15. The molecular formula is C17H13N3O4S. The van der Waals surface area contributed by atoms with Crippen LogP contribution < -0.4 is 19.6 Å². The quantitative estimate of drug-likeness (QED) is 0.557. The smallest absolute Gasteiger partial charge is 0.291 e. The van der Waals surface area contributed by atoms with Crippen LogP contribution in [0.15, 0.2) is 45.8 Å². The Balaban J connectivity index is 1.82. The van der Waals surface area contributed by atoms with Gasteiger partial charge < -0.3 is 13.9 Å². The Kier molecular flexibility index (Phi) is 3.73. The maximum atomic E-state index is 12.6. The van der Waals surface area contributed by atoms with Gasteiger partial charge in [-0.05, 0) is 30.3 Å². The fourth-order valence-electron chi connectivity index (χ4n) is 2.42. The summed E-state index contributed by atoms with van der Waals surface area (Å²) in [6.07, 6.45) is 3.30. The fourth-order valence-corrected chi connectivity index (χ4v) is 3.32. The van der Waals surface area contributed by atoms with Crippen LogP contribution in [0.5, 0.6) is 11.5 Å². The van der Waals surface area contributed by atoms with Gasteiger partial charge in [-0.2, -0.15) is 9.50 Å². The molecule has 0 unspecified atom stereocenters. The lowest BCUT2D eigenvalue weighted by Crippen LogP contribution is -2.23. The molecule has 8 heteroatoms. The Morgan fingerprint density at radius 1 is 1.24 bits per heavy atom. The molecule has 0 saturated carbocycles.